The van der Waals surface area contributed by atoms with Crippen molar-refractivity contribution in [2.75, 3.05) is 13.1 Å². The molecule has 1 aromatic heterocycles. The van der Waals surface area contributed by atoms with Crippen LogP contribution >= 0.6 is 0 Å². The van der Waals surface area contributed by atoms with Gasteiger partial charge in [0.1, 0.15) is 12.4 Å². The van der Waals surface area contributed by atoms with Gasteiger partial charge in [-0.1, -0.05) is 0 Å². The molecule has 0 spiro atoms. The molecule has 2 aromatic rings. The highest BCUT2D eigenvalue weighted by molar-refractivity contribution is 5.85. The van der Waals surface area contributed by atoms with Crippen molar-refractivity contribution in [2.24, 2.45) is 0 Å². The second kappa shape index (κ2) is 7.87. The number of hydrogen-bond acceptors (Lipinski definition) is 4. The normalized spacial score (nSPS) is 10.9. The highest BCUT2D eigenvalue weighted by atomic mass is 19.1. The summed E-state index contributed by atoms with van der Waals surface area (Å²) in [5.41, 5.74) is -0.196. The smallest absolute Gasteiger partial charge is 0.261 e. The fourth-order valence-electron chi connectivity index (χ4n) is 2.41. The SMILES string of the molecule is CCN(CC(=O)NC(C)C)C(=O)Cn1cnc2cc(F)ccc2c1=O. The molecule has 0 unspecified atom stereocenters. The van der Waals surface area contributed by atoms with Crippen LogP contribution in [0.15, 0.2) is 29.3 Å². The monoisotopic (exact) mass is 348 g/mol. The highest BCUT2D eigenvalue weighted by Crippen LogP contribution is 2.08. The number of fused-ring (bicyclic) bond motifs is 1. The van der Waals surface area contributed by atoms with Crippen molar-refractivity contribution in [2.45, 2.75) is 33.4 Å². The minimum absolute atomic E-state index is 0.0194. The topological polar surface area (TPSA) is 84.3 Å². The third kappa shape index (κ3) is 4.62. The Kier molecular flexibility index (Phi) is 5.84. The van der Waals surface area contributed by atoms with Crippen LogP contribution in [0.1, 0.15) is 20.8 Å². The maximum atomic E-state index is 13.2. The molecule has 2 rings (SSSR count). The molecule has 134 valence electrons. The zero-order chi connectivity index (χ0) is 18.6. The summed E-state index contributed by atoms with van der Waals surface area (Å²) < 4.78 is 14.4. The zero-order valence-corrected chi connectivity index (χ0v) is 14.5. The summed E-state index contributed by atoms with van der Waals surface area (Å²) in [6, 6.07) is 3.66. The van der Waals surface area contributed by atoms with E-state index in [1.54, 1.807) is 6.92 Å². The summed E-state index contributed by atoms with van der Waals surface area (Å²) in [7, 11) is 0. The van der Waals surface area contributed by atoms with Crippen LogP contribution in [0.25, 0.3) is 10.9 Å². The molecule has 2 amide bonds. The number of nitrogens with zero attached hydrogens (tertiary/aromatic N) is 3. The van der Waals surface area contributed by atoms with Crippen molar-refractivity contribution in [3.63, 3.8) is 0 Å². The summed E-state index contributed by atoms with van der Waals surface area (Å²) in [6.07, 6.45) is 1.21. The van der Waals surface area contributed by atoms with Crippen LogP contribution in [0, 0.1) is 5.82 Å². The van der Waals surface area contributed by atoms with Crippen molar-refractivity contribution >= 4 is 22.7 Å². The number of aromatic nitrogens is 2. The van der Waals surface area contributed by atoms with E-state index in [2.05, 4.69) is 10.3 Å². The minimum Gasteiger partial charge on any atom is -0.352 e. The molecule has 25 heavy (non-hydrogen) atoms. The van der Waals surface area contributed by atoms with E-state index in [1.807, 2.05) is 13.8 Å². The highest BCUT2D eigenvalue weighted by Gasteiger charge is 2.17. The fraction of sp³-hybridized carbons (Fsp3) is 0.412. The lowest BCUT2D eigenvalue weighted by atomic mass is 10.2. The largest absolute Gasteiger partial charge is 0.352 e. The molecule has 0 radical (unpaired) electrons. The van der Waals surface area contributed by atoms with Gasteiger partial charge in [0.2, 0.25) is 11.8 Å². The van der Waals surface area contributed by atoms with Crippen molar-refractivity contribution < 1.29 is 14.0 Å². The molecule has 0 saturated carbocycles. The lowest BCUT2D eigenvalue weighted by Crippen LogP contribution is -2.44. The van der Waals surface area contributed by atoms with Crippen LogP contribution in [0.2, 0.25) is 0 Å². The molecule has 8 heteroatoms. The quantitative estimate of drug-likeness (QED) is 0.841. The van der Waals surface area contributed by atoms with Crippen LogP contribution in [0.3, 0.4) is 0 Å². The lowest BCUT2D eigenvalue weighted by Gasteiger charge is -2.21. The first-order valence-electron chi connectivity index (χ1n) is 8.03. The molecule has 0 saturated heterocycles. The minimum atomic E-state index is -0.485. The number of carbonyl (C=O) groups is 2. The number of nitrogens with one attached hydrogen (secondary N) is 1. The predicted molar refractivity (Wildman–Crippen MR) is 91.5 cm³/mol. The molecular formula is C17H21FN4O3. The van der Waals surface area contributed by atoms with Gasteiger partial charge in [-0.05, 0) is 32.9 Å². The third-order valence-corrected chi connectivity index (χ3v) is 3.61. The summed E-state index contributed by atoms with van der Waals surface area (Å²) in [6.45, 7) is 5.45. The van der Waals surface area contributed by atoms with Gasteiger partial charge in [0.25, 0.3) is 5.56 Å². The summed E-state index contributed by atoms with van der Waals surface area (Å²) in [5, 5.41) is 2.95. The molecule has 7 nitrogen and oxygen atoms in total. The number of benzene rings is 1. The van der Waals surface area contributed by atoms with Gasteiger partial charge in [-0.3, -0.25) is 19.0 Å². The van der Waals surface area contributed by atoms with Gasteiger partial charge in [0, 0.05) is 18.7 Å². The molecule has 0 atom stereocenters. The Hall–Kier alpha value is -2.77. The molecule has 1 aromatic carbocycles. The first-order chi connectivity index (χ1) is 11.8. The second-order valence-corrected chi connectivity index (χ2v) is 5.97. The second-order valence-electron chi connectivity index (χ2n) is 5.97. The fourth-order valence-corrected chi connectivity index (χ4v) is 2.41. The van der Waals surface area contributed by atoms with Gasteiger partial charge in [-0.25, -0.2) is 9.37 Å². The maximum absolute atomic E-state index is 13.2. The van der Waals surface area contributed by atoms with Crippen molar-refractivity contribution in [3.8, 4) is 0 Å². The van der Waals surface area contributed by atoms with Crippen molar-refractivity contribution in [3.05, 3.63) is 40.7 Å². The maximum Gasteiger partial charge on any atom is 0.261 e. The first-order valence-corrected chi connectivity index (χ1v) is 8.03. The molecule has 0 fully saturated rings. The Morgan fingerprint density at radius 3 is 2.72 bits per heavy atom. The Balaban J connectivity index is 2.17. The first kappa shape index (κ1) is 18.6. The van der Waals surface area contributed by atoms with E-state index in [0.29, 0.717) is 6.54 Å². The Morgan fingerprint density at radius 2 is 2.08 bits per heavy atom. The lowest BCUT2D eigenvalue weighted by molar-refractivity contribution is -0.136. The predicted octanol–water partition coefficient (Wildman–Crippen LogP) is 0.909. The van der Waals surface area contributed by atoms with Gasteiger partial charge >= 0.3 is 0 Å². The van der Waals surface area contributed by atoms with E-state index in [1.165, 1.54) is 23.4 Å². The zero-order valence-electron chi connectivity index (χ0n) is 14.5. The van der Waals surface area contributed by atoms with Crippen molar-refractivity contribution in [1.29, 1.82) is 0 Å². The van der Waals surface area contributed by atoms with Gasteiger partial charge < -0.3 is 10.2 Å². The van der Waals surface area contributed by atoms with Crippen molar-refractivity contribution in [1.82, 2.24) is 19.8 Å². The van der Waals surface area contributed by atoms with E-state index < -0.39 is 11.4 Å². The number of amides is 2. The Labute approximate surface area is 144 Å². The molecule has 1 heterocycles. The Morgan fingerprint density at radius 1 is 1.36 bits per heavy atom. The molecule has 0 bridgehead atoms. The van der Waals surface area contributed by atoms with E-state index in [4.69, 9.17) is 0 Å². The average molecular weight is 348 g/mol. The Bertz CT molecular complexity index is 847. The molecule has 0 aliphatic heterocycles. The van der Waals surface area contributed by atoms with E-state index >= 15 is 0 Å². The van der Waals surface area contributed by atoms with Gasteiger partial charge in [0.05, 0.1) is 23.8 Å². The van der Waals surface area contributed by atoms with Crippen LogP contribution in [-0.4, -0.2) is 45.4 Å². The number of hydrogen-bond donors (Lipinski definition) is 1. The van der Waals surface area contributed by atoms with E-state index in [9.17, 15) is 18.8 Å². The molecular weight excluding hydrogens is 327 g/mol. The number of halogens is 1. The number of rotatable bonds is 6. The summed E-state index contributed by atoms with van der Waals surface area (Å²) in [4.78, 5) is 42.0. The van der Waals surface area contributed by atoms with E-state index in [0.717, 1.165) is 10.6 Å². The number of carbonyl (C=O) groups excluding carboxylic acids is 2. The van der Waals surface area contributed by atoms with Crippen LogP contribution in [0.5, 0.6) is 0 Å². The molecule has 0 aliphatic carbocycles. The number of likely N-dealkylation sites (N-methyl/N-ethyl adjacent to an activating group) is 1. The summed E-state index contributed by atoms with van der Waals surface area (Å²) >= 11 is 0. The molecule has 1 N–H and O–H groups in total. The van der Waals surface area contributed by atoms with Crippen LogP contribution < -0.4 is 10.9 Å². The van der Waals surface area contributed by atoms with E-state index in [-0.39, 0.29) is 41.8 Å². The standard InChI is InChI=1S/C17H21FN4O3/c1-4-21(8-15(23)20-11(2)3)16(24)9-22-10-19-14-7-12(18)5-6-13(14)17(22)25/h5-7,10-11H,4,8-9H2,1-3H3,(H,20,23). The summed E-state index contributed by atoms with van der Waals surface area (Å²) in [5.74, 6) is -1.11. The van der Waals surface area contributed by atoms with Crippen LogP contribution in [0.4, 0.5) is 4.39 Å². The van der Waals surface area contributed by atoms with Gasteiger partial charge in [-0.2, -0.15) is 0 Å². The van der Waals surface area contributed by atoms with Gasteiger partial charge in [0.15, 0.2) is 0 Å². The third-order valence-electron chi connectivity index (χ3n) is 3.61. The molecule has 0 aliphatic rings. The average Bonchev–Trinajstić information content (AvgIpc) is 2.54. The van der Waals surface area contributed by atoms with Crippen LogP contribution in [-0.2, 0) is 16.1 Å². The van der Waals surface area contributed by atoms with Gasteiger partial charge in [-0.15, -0.1) is 0 Å².